The molecule has 0 unspecified atom stereocenters. The zero-order valence-electron chi connectivity index (χ0n) is 9.16. The molecular weight excluding hydrogens is 202 g/mol. The lowest BCUT2D eigenvalue weighted by Gasteiger charge is -2.16. The number of hydrogen-bond donors (Lipinski definition) is 1. The maximum atomic E-state index is 12.2. The fourth-order valence-electron chi connectivity index (χ4n) is 2.13. The third kappa shape index (κ3) is 1.34. The molecule has 0 amide bonds. The summed E-state index contributed by atoms with van der Waals surface area (Å²) < 4.78 is 1.64. The van der Waals surface area contributed by atoms with Gasteiger partial charge in [-0.2, -0.15) is 0 Å². The molecule has 0 fully saturated rings. The Balaban J connectivity index is 2.40. The van der Waals surface area contributed by atoms with Crippen molar-refractivity contribution in [1.82, 2.24) is 14.7 Å². The monoisotopic (exact) mass is 215 g/mol. The summed E-state index contributed by atoms with van der Waals surface area (Å²) >= 11 is 0. The molecule has 0 bridgehead atoms. The van der Waals surface area contributed by atoms with Gasteiger partial charge in [0, 0.05) is 25.7 Å². The summed E-state index contributed by atoms with van der Waals surface area (Å²) in [6, 6.07) is 3.88. The average Bonchev–Trinajstić information content (AvgIpc) is 2.31. The van der Waals surface area contributed by atoms with Crippen LogP contribution in [-0.2, 0) is 13.0 Å². The SMILES string of the molecule is Cc1ccc2nc3c(c(=O)n2c1)CNCC3. The number of nitrogens with zero attached hydrogens (tertiary/aromatic N) is 2. The van der Waals surface area contributed by atoms with Crippen molar-refractivity contribution in [3.8, 4) is 0 Å². The predicted molar refractivity (Wildman–Crippen MR) is 61.6 cm³/mol. The number of rotatable bonds is 0. The molecule has 1 aliphatic rings. The van der Waals surface area contributed by atoms with Crippen LogP contribution in [0.4, 0.5) is 0 Å². The van der Waals surface area contributed by atoms with Crippen molar-refractivity contribution in [3.63, 3.8) is 0 Å². The van der Waals surface area contributed by atoms with Gasteiger partial charge < -0.3 is 5.32 Å². The maximum Gasteiger partial charge on any atom is 0.262 e. The molecule has 4 nitrogen and oxygen atoms in total. The van der Waals surface area contributed by atoms with Crippen LogP contribution in [0.3, 0.4) is 0 Å². The van der Waals surface area contributed by atoms with Crippen molar-refractivity contribution >= 4 is 5.65 Å². The first-order chi connectivity index (χ1) is 7.75. The van der Waals surface area contributed by atoms with E-state index in [0.717, 1.165) is 35.4 Å². The number of nitrogens with one attached hydrogen (secondary N) is 1. The lowest BCUT2D eigenvalue weighted by molar-refractivity contribution is 0.620. The third-order valence-corrected chi connectivity index (χ3v) is 2.99. The van der Waals surface area contributed by atoms with E-state index >= 15 is 0 Å². The molecule has 1 aliphatic heterocycles. The molecule has 0 aromatic carbocycles. The highest BCUT2D eigenvalue weighted by Gasteiger charge is 2.15. The summed E-state index contributed by atoms with van der Waals surface area (Å²) in [6.07, 6.45) is 2.69. The Morgan fingerprint density at radius 3 is 3.19 bits per heavy atom. The molecule has 82 valence electrons. The van der Waals surface area contributed by atoms with Gasteiger partial charge in [0.1, 0.15) is 5.65 Å². The minimum Gasteiger partial charge on any atom is -0.312 e. The summed E-state index contributed by atoms with van der Waals surface area (Å²) in [4.78, 5) is 16.7. The first-order valence-electron chi connectivity index (χ1n) is 5.47. The zero-order valence-corrected chi connectivity index (χ0v) is 9.16. The van der Waals surface area contributed by atoms with Crippen molar-refractivity contribution in [2.24, 2.45) is 0 Å². The molecule has 0 aliphatic carbocycles. The van der Waals surface area contributed by atoms with Crippen molar-refractivity contribution < 1.29 is 0 Å². The molecule has 0 spiro atoms. The van der Waals surface area contributed by atoms with Crippen molar-refractivity contribution in [2.45, 2.75) is 19.9 Å². The molecule has 3 rings (SSSR count). The van der Waals surface area contributed by atoms with Crippen LogP contribution < -0.4 is 10.9 Å². The fourth-order valence-corrected chi connectivity index (χ4v) is 2.13. The van der Waals surface area contributed by atoms with E-state index in [4.69, 9.17) is 0 Å². The number of aromatic nitrogens is 2. The van der Waals surface area contributed by atoms with Gasteiger partial charge in [0.2, 0.25) is 0 Å². The molecule has 3 heterocycles. The number of fused-ring (bicyclic) bond motifs is 2. The van der Waals surface area contributed by atoms with Crippen LogP contribution in [-0.4, -0.2) is 15.9 Å². The van der Waals surface area contributed by atoms with Gasteiger partial charge in [-0.1, -0.05) is 6.07 Å². The minimum absolute atomic E-state index is 0.0656. The number of pyridine rings is 1. The topological polar surface area (TPSA) is 46.4 Å². The van der Waals surface area contributed by atoms with Gasteiger partial charge in [0.25, 0.3) is 5.56 Å². The molecule has 2 aromatic rings. The lowest BCUT2D eigenvalue weighted by atomic mass is 10.1. The van der Waals surface area contributed by atoms with E-state index in [1.54, 1.807) is 4.40 Å². The van der Waals surface area contributed by atoms with Crippen LogP contribution >= 0.6 is 0 Å². The van der Waals surface area contributed by atoms with Crippen LogP contribution in [0, 0.1) is 6.92 Å². The van der Waals surface area contributed by atoms with Crippen LogP contribution in [0.1, 0.15) is 16.8 Å². The lowest BCUT2D eigenvalue weighted by Crippen LogP contribution is -2.33. The number of hydrogen-bond acceptors (Lipinski definition) is 3. The van der Waals surface area contributed by atoms with Crippen LogP contribution in [0.25, 0.3) is 5.65 Å². The molecule has 1 N–H and O–H groups in total. The van der Waals surface area contributed by atoms with Gasteiger partial charge in [-0.25, -0.2) is 4.98 Å². The van der Waals surface area contributed by atoms with Crippen molar-refractivity contribution in [3.05, 3.63) is 45.5 Å². The first kappa shape index (κ1) is 9.54. The number of aryl methyl sites for hydroxylation is 1. The highest BCUT2D eigenvalue weighted by molar-refractivity contribution is 5.42. The Hall–Kier alpha value is -1.68. The zero-order chi connectivity index (χ0) is 11.1. The molecule has 16 heavy (non-hydrogen) atoms. The van der Waals surface area contributed by atoms with E-state index in [1.165, 1.54) is 0 Å². The largest absolute Gasteiger partial charge is 0.312 e. The molecule has 0 radical (unpaired) electrons. The standard InChI is InChI=1S/C12H13N3O/c1-8-2-3-11-14-10-4-5-13-6-9(10)12(16)15(11)7-8/h2-3,7,13H,4-6H2,1H3. The van der Waals surface area contributed by atoms with Gasteiger partial charge in [-0.3, -0.25) is 9.20 Å². The second-order valence-corrected chi connectivity index (χ2v) is 4.20. The highest BCUT2D eigenvalue weighted by atomic mass is 16.1. The first-order valence-corrected chi connectivity index (χ1v) is 5.47. The molecular formula is C12H13N3O. The Labute approximate surface area is 92.9 Å². The average molecular weight is 215 g/mol. The van der Waals surface area contributed by atoms with E-state index < -0.39 is 0 Å². The minimum atomic E-state index is 0.0656. The summed E-state index contributed by atoms with van der Waals surface area (Å²) in [5.41, 5.74) is 3.65. The quantitative estimate of drug-likeness (QED) is 0.702. The highest BCUT2D eigenvalue weighted by Crippen LogP contribution is 2.09. The molecule has 0 saturated carbocycles. The Morgan fingerprint density at radius 2 is 2.31 bits per heavy atom. The van der Waals surface area contributed by atoms with E-state index in [9.17, 15) is 4.79 Å². The Kier molecular flexibility index (Phi) is 2.04. The predicted octanol–water partition coefficient (Wildman–Crippen LogP) is 0.649. The van der Waals surface area contributed by atoms with Crippen molar-refractivity contribution in [1.29, 1.82) is 0 Å². The molecule has 0 saturated heterocycles. The van der Waals surface area contributed by atoms with Gasteiger partial charge >= 0.3 is 0 Å². The Bertz CT molecular complexity index is 615. The van der Waals surface area contributed by atoms with Crippen LogP contribution in [0.2, 0.25) is 0 Å². The molecule has 4 heteroatoms. The van der Waals surface area contributed by atoms with Crippen molar-refractivity contribution in [2.75, 3.05) is 6.54 Å². The van der Waals surface area contributed by atoms with E-state index in [1.807, 2.05) is 25.3 Å². The third-order valence-electron chi connectivity index (χ3n) is 2.99. The summed E-state index contributed by atoms with van der Waals surface area (Å²) in [5, 5.41) is 3.21. The smallest absolute Gasteiger partial charge is 0.262 e. The van der Waals surface area contributed by atoms with Gasteiger partial charge in [0.05, 0.1) is 11.3 Å². The Morgan fingerprint density at radius 1 is 1.44 bits per heavy atom. The molecule has 2 aromatic heterocycles. The second kappa shape index (κ2) is 3.42. The van der Waals surface area contributed by atoms with E-state index in [2.05, 4.69) is 10.3 Å². The van der Waals surface area contributed by atoms with Gasteiger partial charge in [-0.15, -0.1) is 0 Å². The summed E-state index contributed by atoms with van der Waals surface area (Å²) in [6.45, 7) is 3.52. The normalized spacial score (nSPS) is 15.1. The van der Waals surface area contributed by atoms with Crippen LogP contribution in [0.15, 0.2) is 23.1 Å². The summed E-state index contributed by atoms with van der Waals surface area (Å²) in [5.74, 6) is 0. The van der Waals surface area contributed by atoms with Gasteiger partial charge in [0.15, 0.2) is 0 Å². The van der Waals surface area contributed by atoms with Crippen LogP contribution in [0.5, 0.6) is 0 Å². The summed E-state index contributed by atoms with van der Waals surface area (Å²) in [7, 11) is 0. The van der Waals surface area contributed by atoms with E-state index in [0.29, 0.717) is 6.54 Å². The fraction of sp³-hybridized carbons (Fsp3) is 0.333. The second-order valence-electron chi connectivity index (χ2n) is 4.20. The maximum absolute atomic E-state index is 12.2. The molecule has 0 atom stereocenters. The van der Waals surface area contributed by atoms with Gasteiger partial charge in [-0.05, 0) is 18.6 Å². The van der Waals surface area contributed by atoms with E-state index in [-0.39, 0.29) is 5.56 Å².